The molecular formula is C18H13F8NO2. The minimum absolute atomic E-state index is 0.171. The molecule has 0 spiro atoms. The van der Waals surface area contributed by atoms with E-state index in [1.165, 1.54) is 12.1 Å². The van der Waals surface area contributed by atoms with Crippen molar-refractivity contribution in [2.45, 2.75) is 31.4 Å². The van der Waals surface area contributed by atoms with Crippen LogP contribution in [0.15, 0.2) is 48.5 Å². The molecule has 2 rings (SSSR count). The molecule has 2 aromatic rings. The van der Waals surface area contributed by atoms with Crippen LogP contribution in [0.1, 0.15) is 16.7 Å². The maximum Gasteiger partial charge on any atom is 0.573 e. The number of amides is 1. The van der Waals surface area contributed by atoms with Crippen LogP contribution in [-0.4, -0.2) is 18.4 Å². The van der Waals surface area contributed by atoms with E-state index in [4.69, 9.17) is 0 Å². The van der Waals surface area contributed by atoms with E-state index in [-0.39, 0.29) is 24.1 Å². The highest BCUT2D eigenvalue weighted by Gasteiger charge is 2.58. The number of rotatable bonds is 6. The van der Waals surface area contributed by atoms with Crippen LogP contribution in [0.4, 0.5) is 35.1 Å². The van der Waals surface area contributed by atoms with Gasteiger partial charge < -0.3 is 10.1 Å². The molecule has 0 radical (unpaired) electrons. The smallest absolute Gasteiger partial charge is 0.406 e. The van der Waals surface area contributed by atoms with Crippen LogP contribution in [0.5, 0.6) is 5.75 Å². The zero-order valence-electron chi connectivity index (χ0n) is 14.4. The lowest BCUT2D eigenvalue weighted by Crippen LogP contribution is -2.33. The zero-order chi connectivity index (χ0) is 21.9. The fourth-order valence-electron chi connectivity index (χ4n) is 2.30. The first-order valence-electron chi connectivity index (χ1n) is 7.93. The van der Waals surface area contributed by atoms with Crippen LogP contribution in [0.2, 0.25) is 0 Å². The van der Waals surface area contributed by atoms with E-state index in [2.05, 4.69) is 10.1 Å². The molecule has 11 heteroatoms. The summed E-state index contributed by atoms with van der Waals surface area (Å²) in [6.07, 6.45) is -10.9. The Bertz CT molecular complexity index is 844. The van der Waals surface area contributed by atoms with E-state index in [0.29, 0.717) is 12.1 Å². The highest BCUT2D eigenvalue weighted by atomic mass is 19.4. The number of nitrogens with one attached hydrogen (secondary N) is 1. The Kier molecular flexibility index (Phi) is 6.39. The maximum absolute atomic E-state index is 13.2. The van der Waals surface area contributed by atoms with Gasteiger partial charge >= 0.3 is 18.5 Å². The van der Waals surface area contributed by atoms with E-state index in [1.807, 2.05) is 0 Å². The summed E-state index contributed by atoms with van der Waals surface area (Å²) in [5, 5.41) is 2.39. The van der Waals surface area contributed by atoms with Crippen molar-refractivity contribution in [3.05, 3.63) is 65.2 Å². The summed E-state index contributed by atoms with van der Waals surface area (Å²) in [6.45, 7) is -0.171. The quantitative estimate of drug-likeness (QED) is 0.652. The molecule has 0 bridgehead atoms. The molecule has 1 amide bonds. The van der Waals surface area contributed by atoms with Gasteiger partial charge in [-0.3, -0.25) is 4.79 Å². The van der Waals surface area contributed by atoms with Gasteiger partial charge in [-0.2, -0.15) is 22.0 Å². The largest absolute Gasteiger partial charge is 0.573 e. The standard InChI is InChI=1S/C18H13F8NO2/c19-16(20,17(21,22)23)13-6-4-11(5-7-13)10-27-15(28)9-12-2-1-3-14(8-12)29-18(24,25)26/h1-8H,9-10H2,(H,27,28). The molecular weight excluding hydrogens is 414 g/mol. The molecule has 0 unspecified atom stereocenters. The molecule has 0 aliphatic carbocycles. The number of hydrogen-bond acceptors (Lipinski definition) is 2. The van der Waals surface area contributed by atoms with Crippen molar-refractivity contribution in [1.29, 1.82) is 0 Å². The molecule has 0 aromatic heterocycles. The fraction of sp³-hybridized carbons (Fsp3) is 0.278. The molecule has 0 saturated heterocycles. The highest BCUT2D eigenvalue weighted by molar-refractivity contribution is 5.78. The Morgan fingerprint density at radius 2 is 1.48 bits per heavy atom. The van der Waals surface area contributed by atoms with Gasteiger partial charge in [0.2, 0.25) is 5.91 Å². The van der Waals surface area contributed by atoms with Gasteiger partial charge in [0.05, 0.1) is 6.42 Å². The summed E-state index contributed by atoms with van der Waals surface area (Å²) in [7, 11) is 0. The van der Waals surface area contributed by atoms with Gasteiger partial charge in [0.15, 0.2) is 0 Å². The molecule has 0 atom stereocenters. The normalized spacial score (nSPS) is 12.6. The number of hydrogen-bond donors (Lipinski definition) is 1. The van der Waals surface area contributed by atoms with Gasteiger partial charge in [-0.15, -0.1) is 13.2 Å². The van der Waals surface area contributed by atoms with Gasteiger partial charge in [0.1, 0.15) is 5.75 Å². The minimum Gasteiger partial charge on any atom is -0.406 e. The minimum atomic E-state index is -5.73. The van der Waals surface area contributed by atoms with Crippen molar-refractivity contribution in [3.63, 3.8) is 0 Å². The summed E-state index contributed by atoms with van der Waals surface area (Å²) in [5.41, 5.74) is -0.750. The number of ether oxygens (including phenoxy) is 1. The van der Waals surface area contributed by atoms with Crippen molar-refractivity contribution in [2.24, 2.45) is 0 Å². The lowest BCUT2D eigenvalue weighted by atomic mass is 10.1. The third kappa shape index (κ3) is 6.33. The van der Waals surface area contributed by atoms with Gasteiger partial charge in [-0.05, 0) is 23.3 Å². The third-order valence-electron chi connectivity index (χ3n) is 3.66. The average molecular weight is 427 g/mol. The first-order chi connectivity index (χ1) is 13.3. The Hall–Kier alpha value is -2.85. The third-order valence-corrected chi connectivity index (χ3v) is 3.66. The maximum atomic E-state index is 13.2. The van der Waals surface area contributed by atoms with Crippen LogP contribution in [0, 0.1) is 0 Å². The monoisotopic (exact) mass is 427 g/mol. The van der Waals surface area contributed by atoms with Gasteiger partial charge in [-0.1, -0.05) is 36.4 Å². The molecule has 0 fully saturated rings. The topological polar surface area (TPSA) is 38.3 Å². The number of carbonyl (C=O) groups is 1. The first kappa shape index (κ1) is 22.4. The van der Waals surface area contributed by atoms with Crippen molar-refractivity contribution in [1.82, 2.24) is 5.32 Å². The van der Waals surface area contributed by atoms with Gasteiger partial charge in [0, 0.05) is 12.1 Å². The predicted molar refractivity (Wildman–Crippen MR) is 85.1 cm³/mol. The van der Waals surface area contributed by atoms with Gasteiger partial charge in [0.25, 0.3) is 0 Å². The van der Waals surface area contributed by atoms with E-state index in [0.717, 1.165) is 24.3 Å². The fourth-order valence-corrected chi connectivity index (χ4v) is 2.30. The predicted octanol–water partition coefficient (Wildman–Crippen LogP) is 5.10. The van der Waals surface area contributed by atoms with Crippen LogP contribution in [0.3, 0.4) is 0 Å². The Labute approximate surface area is 159 Å². The zero-order valence-corrected chi connectivity index (χ0v) is 14.4. The second-order valence-electron chi connectivity index (χ2n) is 5.92. The van der Waals surface area contributed by atoms with Crippen molar-refractivity contribution >= 4 is 5.91 Å². The highest BCUT2D eigenvalue weighted by Crippen LogP contribution is 2.43. The van der Waals surface area contributed by atoms with E-state index < -0.39 is 35.7 Å². The second-order valence-corrected chi connectivity index (χ2v) is 5.92. The Morgan fingerprint density at radius 1 is 0.862 bits per heavy atom. The van der Waals surface area contributed by atoms with Crippen molar-refractivity contribution < 1.29 is 44.7 Å². The molecule has 0 aliphatic heterocycles. The summed E-state index contributed by atoms with van der Waals surface area (Å²) < 4.78 is 104. The SMILES string of the molecule is O=C(Cc1cccc(OC(F)(F)F)c1)NCc1ccc(C(F)(F)C(F)(F)F)cc1. The molecule has 0 heterocycles. The molecule has 3 nitrogen and oxygen atoms in total. The molecule has 158 valence electrons. The Balaban J connectivity index is 1.94. The van der Waals surface area contributed by atoms with E-state index in [1.54, 1.807) is 0 Å². The van der Waals surface area contributed by atoms with E-state index in [9.17, 15) is 39.9 Å². The molecule has 1 N–H and O–H groups in total. The van der Waals surface area contributed by atoms with Crippen LogP contribution >= 0.6 is 0 Å². The van der Waals surface area contributed by atoms with Crippen LogP contribution in [-0.2, 0) is 23.7 Å². The van der Waals surface area contributed by atoms with Crippen molar-refractivity contribution in [2.75, 3.05) is 0 Å². The van der Waals surface area contributed by atoms with Crippen LogP contribution < -0.4 is 10.1 Å². The van der Waals surface area contributed by atoms with Gasteiger partial charge in [-0.25, -0.2) is 0 Å². The average Bonchev–Trinajstić information content (AvgIpc) is 2.58. The molecule has 0 saturated carbocycles. The lowest BCUT2D eigenvalue weighted by Gasteiger charge is -2.20. The number of halogens is 8. The number of benzene rings is 2. The molecule has 2 aromatic carbocycles. The van der Waals surface area contributed by atoms with E-state index >= 15 is 0 Å². The van der Waals surface area contributed by atoms with Crippen molar-refractivity contribution in [3.8, 4) is 5.75 Å². The number of alkyl halides is 8. The Morgan fingerprint density at radius 3 is 2.03 bits per heavy atom. The molecule has 0 aliphatic rings. The summed E-state index contributed by atoms with van der Waals surface area (Å²) >= 11 is 0. The lowest BCUT2D eigenvalue weighted by molar-refractivity contribution is -0.289. The first-order valence-corrected chi connectivity index (χ1v) is 7.93. The van der Waals surface area contributed by atoms with Crippen LogP contribution in [0.25, 0.3) is 0 Å². The number of carbonyl (C=O) groups excluding carboxylic acids is 1. The summed E-state index contributed by atoms with van der Waals surface area (Å²) in [4.78, 5) is 11.9. The molecule has 29 heavy (non-hydrogen) atoms. The second kappa shape index (κ2) is 8.26. The summed E-state index contributed by atoms with van der Waals surface area (Å²) in [5.74, 6) is -6.10. The summed E-state index contributed by atoms with van der Waals surface area (Å²) in [6, 6.07) is 7.98.